The molecule has 0 unspecified atom stereocenters. The fraction of sp³-hybridized carbons (Fsp3) is 0.630. The Labute approximate surface area is 249 Å². The highest BCUT2D eigenvalue weighted by Crippen LogP contribution is 2.40. The minimum Gasteiger partial charge on any atom is -0.414 e. The minimum atomic E-state index is -4.99. The molecule has 10 nitrogen and oxygen atoms in total. The molecule has 0 bridgehead atoms. The lowest BCUT2D eigenvalue weighted by molar-refractivity contribution is -0.173. The number of aliphatic imine (C=N–C) groups is 1. The summed E-state index contributed by atoms with van der Waals surface area (Å²) in [5, 5.41) is 2.30. The van der Waals surface area contributed by atoms with Crippen LogP contribution >= 0.6 is 11.8 Å². The summed E-state index contributed by atoms with van der Waals surface area (Å²) in [6.45, 7) is 10.8. The lowest BCUT2D eigenvalue weighted by Gasteiger charge is -2.37. The second kappa shape index (κ2) is 13.8. The standard InChI is InChI=1S/C27H39F3N6O4SSi/c1-26(2,3)42(7,8)39-14-20-19(38-17-41-6)12-21(40-20)36-13-18(10-9-11-31-25(37)27(28,29)30)22-23(34-16-35(4)5)32-15-33-24(22)36/h13,15-16,19-21H,11-12,14,17H2,1-8H3,(H,31,37)/b34-16+/t19-,20+,21+/m0/s1. The monoisotopic (exact) mass is 628 g/mol. The molecule has 1 amide bonds. The van der Waals surface area contributed by atoms with Crippen molar-refractivity contribution in [2.24, 2.45) is 4.99 Å². The van der Waals surface area contributed by atoms with E-state index in [-0.39, 0.29) is 17.2 Å². The fourth-order valence-electron chi connectivity index (χ4n) is 3.87. The van der Waals surface area contributed by atoms with Crippen LogP contribution in [0.2, 0.25) is 18.1 Å². The van der Waals surface area contributed by atoms with E-state index < -0.39 is 33.2 Å². The molecular formula is C27H39F3N6O4SSi. The summed E-state index contributed by atoms with van der Waals surface area (Å²) in [5.41, 5.74) is 0.933. The summed E-state index contributed by atoms with van der Waals surface area (Å²) in [7, 11) is 1.57. The summed E-state index contributed by atoms with van der Waals surface area (Å²) < 4.78 is 58.7. The number of aromatic nitrogens is 3. The summed E-state index contributed by atoms with van der Waals surface area (Å²) in [6, 6.07) is 0. The number of hydrogen-bond donors (Lipinski definition) is 1. The maximum Gasteiger partial charge on any atom is 0.471 e. The van der Waals surface area contributed by atoms with Crippen LogP contribution in [0.15, 0.2) is 17.5 Å². The Balaban J connectivity index is 1.97. The predicted octanol–water partition coefficient (Wildman–Crippen LogP) is 4.70. The predicted molar refractivity (Wildman–Crippen MR) is 160 cm³/mol. The van der Waals surface area contributed by atoms with Gasteiger partial charge in [-0.15, -0.1) is 11.8 Å². The number of rotatable bonds is 10. The molecular weight excluding hydrogens is 589 g/mol. The second-order valence-corrected chi connectivity index (χ2v) is 17.2. The van der Waals surface area contributed by atoms with Crippen LogP contribution in [0.1, 0.15) is 39.0 Å². The van der Waals surface area contributed by atoms with E-state index in [1.807, 2.05) is 24.9 Å². The van der Waals surface area contributed by atoms with E-state index in [1.165, 1.54) is 6.33 Å². The third kappa shape index (κ3) is 8.47. The number of thioether (sulfide) groups is 1. The molecule has 2 aromatic heterocycles. The molecule has 0 aromatic carbocycles. The number of ether oxygens (including phenoxy) is 2. The molecule has 3 rings (SSSR count). The van der Waals surface area contributed by atoms with Crippen LogP contribution in [-0.4, -0.2) is 97.8 Å². The van der Waals surface area contributed by atoms with Gasteiger partial charge in [-0.25, -0.2) is 15.0 Å². The Kier molecular flexibility index (Phi) is 11.1. The van der Waals surface area contributed by atoms with Gasteiger partial charge in [-0.3, -0.25) is 4.79 Å². The molecule has 3 atom stereocenters. The number of hydrogen-bond acceptors (Lipinski definition) is 8. The van der Waals surface area contributed by atoms with E-state index in [0.717, 1.165) is 0 Å². The van der Waals surface area contributed by atoms with Crippen LogP contribution in [0, 0.1) is 11.8 Å². The van der Waals surface area contributed by atoms with Crippen LogP contribution in [0.5, 0.6) is 0 Å². The van der Waals surface area contributed by atoms with Crippen molar-refractivity contribution in [3.05, 3.63) is 18.1 Å². The summed E-state index contributed by atoms with van der Waals surface area (Å²) in [4.78, 5) is 26.1. The smallest absolute Gasteiger partial charge is 0.414 e. The van der Waals surface area contributed by atoms with Crippen LogP contribution in [-0.2, 0) is 18.7 Å². The van der Waals surface area contributed by atoms with Crippen LogP contribution in [0.4, 0.5) is 19.0 Å². The molecule has 1 N–H and O–H groups in total. The number of amides is 1. The lowest BCUT2D eigenvalue weighted by atomic mass is 10.2. The summed E-state index contributed by atoms with van der Waals surface area (Å²) in [6.07, 6.45) is 1.14. The first-order valence-electron chi connectivity index (χ1n) is 13.3. The van der Waals surface area contributed by atoms with Crippen molar-refractivity contribution in [2.75, 3.05) is 39.4 Å². The molecule has 0 spiro atoms. The number of carbonyl (C=O) groups excluding carboxylic acids is 1. The van der Waals surface area contributed by atoms with Gasteiger partial charge >= 0.3 is 12.1 Å². The second-order valence-electron chi connectivity index (χ2n) is 11.6. The average Bonchev–Trinajstić information content (AvgIpc) is 3.47. The van der Waals surface area contributed by atoms with E-state index >= 15 is 0 Å². The fourth-order valence-corrected chi connectivity index (χ4v) is 5.20. The van der Waals surface area contributed by atoms with Gasteiger partial charge in [0.25, 0.3) is 0 Å². The van der Waals surface area contributed by atoms with Gasteiger partial charge in [0.1, 0.15) is 24.3 Å². The van der Waals surface area contributed by atoms with E-state index in [2.05, 4.69) is 60.7 Å². The Morgan fingerprint density at radius 2 is 2.05 bits per heavy atom. The number of nitrogens with zero attached hydrogens (tertiary/aromatic N) is 5. The topological polar surface area (TPSA) is 103 Å². The quantitative estimate of drug-likeness (QED) is 0.133. The zero-order chi connectivity index (χ0) is 31.3. The van der Waals surface area contributed by atoms with Gasteiger partial charge in [0.05, 0.1) is 42.5 Å². The first-order valence-corrected chi connectivity index (χ1v) is 17.7. The highest BCUT2D eigenvalue weighted by Gasteiger charge is 2.42. The number of fused-ring (bicyclic) bond motifs is 1. The van der Waals surface area contributed by atoms with Crippen molar-refractivity contribution < 1.29 is 31.9 Å². The summed E-state index contributed by atoms with van der Waals surface area (Å²) in [5.74, 6) is 4.22. The zero-order valence-corrected chi connectivity index (χ0v) is 27.0. The van der Waals surface area contributed by atoms with Crippen molar-refractivity contribution in [3.8, 4) is 11.8 Å². The van der Waals surface area contributed by atoms with E-state index in [0.29, 0.717) is 41.4 Å². The molecule has 42 heavy (non-hydrogen) atoms. The number of carbonyl (C=O) groups is 1. The molecule has 2 aromatic rings. The SMILES string of the molecule is CSCO[C@H]1C[C@H](n2cc(C#CCNC(=O)C(F)(F)F)c3c(/N=C/N(C)C)ncnc32)O[C@@H]1CO[Si](C)(C)C(C)(C)C. The maximum atomic E-state index is 12.6. The number of halogens is 3. The molecule has 232 valence electrons. The highest BCUT2D eigenvalue weighted by molar-refractivity contribution is 7.98. The molecule has 1 aliphatic rings. The zero-order valence-electron chi connectivity index (χ0n) is 25.2. The molecule has 1 aliphatic heterocycles. The van der Waals surface area contributed by atoms with Crippen molar-refractivity contribution in [1.82, 2.24) is 24.8 Å². The molecule has 0 aliphatic carbocycles. The largest absolute Gasteiger partial charge is 0.471 e. The Morgan fingerprint density at radius 1 is 1.33 bits per heavy atom. The average molecular weight is 629 g/mol. The molecule has 3 heterocycles. The number of alkyl halides is 3. The third-order valence-corrected chi connectivity index (χ3v) is 12.0. The van der Waals surface area contributed by atoms with E-state index in [9.17, 15) is 18.0 Å². The van der Waals surface area contributed by atoms with Crippen molar-refractivity contribution in [1.29, 1.82) is 0 Å². The highest BCUT2D eigenvalue weighted by atomic mass is 32.2. The van der Waals surface area contributed by atoms with Gasteiger partial charge in [-0.2, -0.15) is 13.2 Å². The molecule has 15 heteroatoms. The van der Waals surface area contributed by atoms with Crippen molar-refractivity contribution in [2.45, 2.75) is 69.9 Å². The summed E-state index contributed by atoms with van der Waals surface area (Å²) >= 11 is 1.57. The molecule has 1 fully saturated rings. The van der Waals surface area contributed by atoms with Gasteiger partial charge in [0.2, 0.25) is 0 Å². The van der Waals surface area contributed by atoms with E-state index in [4.69, 9.17) is 13.9 Å². The molecule has 0 radical (unpaired) electrons. The normalized spacial score (nSPS) is 19.7. The Hall–Kier alpha value is -2.64. The Morgan fingerprint density at radius 3 is 2.67 bits per heavy atom. The van der Waals surface area contributed by atoms with Crippen molar-refractivity contribution >= 4 is 49.2 Å². The van der Waals surface area contributed by atoms with Gasteiger partial charge < -0.3 is 28.7 Å². The first-order chi connectivity index (χ1) is 19.5. The molecule has 1 saturated heterocycles. The van der Waals surface area contributed by atoms with Crippen molar-refractivity contribution in [3.63, 3.8) is 0 Å². The van der Waals surface area contributed by atoms with Gasteiger partial charge in [0.15, 0.2) is 14.1 Å². The van der Waals surface area contributed by atoms with Gasteiger partial charge in [-0.05, 0) is 24.4 Å². The van der Waals surface area contributed by atoms with Crippen LogP contribution in [0.25, 0.3) is 11.0 Å². The third-order valence-electron chi connectivity index (χ3n) is 7.12. The Bertz CT molecular complexity index is 1330. The van der Waals surface area contributed by atoms with Crippen LogP contribution < -0.4 is 5.32 Å². The van der Waals surface area contributed by atoms with Gasteiger partial charge in [0, 0.05) is 26.7 Å². The first kappa shape index (κ1) is 33.9. The molecule has 0 saturated carbocycles. The van der Waals surface area contributed by atoms with Gasteiger partial charge in [-0.1, -0.05) is 32.6 Å². The van der Waals surface area contributed by atoms with Crippen LogP contribution in [0.3, 0.4) is 0 Å². The minimum absolute atomic E-state index is 0.0325. The van der Waals surface area contributed by atoms with E-state index in [1.54, 1.807) is 34.5 Å². The lowest BCUT2D eigenvalue weighted by Crippen LogP contribution is -2.44. The number of nitrogens with one attached hydrogen (secondary N) is 1. The maximum absolute atomic E-state index is 12.6.